The van der Waals surface area contributed by atoms with Crippen LogP contribution in [0.15, 0.2) is 36.4 Å². The SMILES string of the molecule is CCCC[C@@H]1C(c2ccccc2)=C[C@H]2C[C@H](C#N)[C@@H]1N2C. The molecule has 2 heterocycles. The van der Waals surface area contributed by atoms with Gasteiger partial charge in [0.1, 0.15) is 0 Å². The van der Waals surface area contributed by atoms with Crippen LogP contribution in [0.5, 0.6) is 0 Å². The summed E-state index contributed by atoms with van der Waals surface area (Å²) in [5.41, 5.74) is 2.83. The van der Waals surface area contributed by atoms with Crippen molar-refractivity contribution >= 4 is 5.57 Å². The molecule has 0 aromatic heterocycles. The number of unbranched alkanes of at least 4 members (excludes halogenated alkanes) is 1. The standard InChI is InChI=1S/C19H24N2/c1-3-4-10-17-18(14-8-6-5-7-9-14)12-16-11-15(13-20)19(17)21(16)2/h5-9,12,15-17,19H,3-4,10-11H2,1-2H3/t15-,16-,17-,19+/m1/s1. The molecule has 4 atom stereocenters. The van der Waals surface area contributed by atoms with Gasteiger partial charge in [-0.1, -0.05) is 56.2 Å². The van der Waals surface area contributed by atoms with Crippen molar-refractivity contribution in [2.75, 3.05) is 7.05 Å². The Morgan fingerprint density at radius 2 is 2.05 bits per heavy atom. The lowest BCUT2D eigenvalue weighted by Gasteiger charge is -2.38. The highest BCUT2D eigenvalue weighted by atomic mass is 15.2. The Morgan fingerprint density at radius 1 is 1.29 bits per heavy atom. The topological polar surface area (TPSA) is 27.0 Å². The fourth-order valence-electron chi connectivity index (χ4n) is 4.16. The maximum absolute atomic E-state index is 9.53. The molecular formula is C19H24N2. The first kappa shape index (κ1) is 14.4. The van der Waals surface area contributed by atoms with E-state index < -0.39 is 0 Å². The van der Waals surface area contributed by atoms with E-state index in [0.29, 0.717) is 18.0 Å². The van der Waals surface area contributed by atoms with E-state index in [1.54, 1.807) is 0 Å². The van der Waals surface area contributed by atoms with Gasteiger partial charge >= 0.3 is 0 Å². The molecule has 1 saturated heterocycles. The Labute approximate surface area is 128 Å². The molecule has 0 amide bonds. The highest BCUT2D eigenvalue weighted by Gasteiger charge is 2.46. The summed E-state index contributed by atoms with van der Waals surface area (Å²) >= 11 is 0. The second-order valence-corrected chi connectivity index (χ2v) is 6.43. The van der Waals surface area contributed by atoms with E-state index in [1.807, 2.05) is 0 Å². The average molecular weight is 280 g/mol. The molecule has 2 nitrogen and oxygen atoms in total. The zero-order chi connectivity index (χ0) is 14.8. The summed E-state index contributed by atoms with van der Waals surface area (Å²) in [4.78, 5) is 2.45. The van der Waals surface area contributed by atoms with Gasteiger partial charge in [0.15, 0.2) is 0 Å². The first-order valence-corrected chi connectivity index (χ1v) is 8.15. The molecule has 110 valence electrons. The highest BCUT2D eigenvalue weighted by Crippen LogP contribution is 2.46. The van der Waals surface area contributed by atoms with Crippen LogP contribution in [0.4, 0.5) is 0 Å². The van der Waals surface area contributed by atoms with Gasteiger partial charge in [-0.05, 0) is 31.0 Å². The van der Waals surface area contributed by atoms with E-state index in [2.05, 4.69) is 61.3 Å². The molecule has 0 saturated carbocycles. The minimum atomic E-state index is 0.180. The molecular weight excluding hydrogens is 256 g/mol. The van der Waals surface area contributed by atoms with Crippen LogP contribution in [-0.4, -0.2) is 24.0 Å². The fraction of sp³-hybridized carbons (Fsp3) is 0.526. The summed E-state index contributed by atoms with van der Waals surface area (Å²) in [5, 5.41) is 9.53. The summed E-state index contributed by atoms with van der Waals surface area (Å²) in [6, 6.07) is 14.2. The predicted octanol–water partition coefficient (Wildman–Crippen LogP) is 4.10. The predicted molar refractivity (Wildman–Crippen MR) is 86.5 cm³/mol. The Hall–Kier alpha value is -1.59. The molecule has 1 aromatic carbocycles. The van der Waals surface area contributed by atoms with Crippen LogP contribution >= 0.6 is 0 Å². The maximum atomic E-state index is 9.53. The van der Waals surface area contributed by atoms with E-state index in [-0.39, 0.29) is 5.92 Å². The van der Waals surface area contributed by atoms with Crippen molar-refractivity contribution in [3.05, 3.63) is 42.0 Å². The first-order chi connectivity index (χ1) is 10.3. The minimum absolute atomic E-state index is 0.180. The van der Waals surface area contributed by atoms with Crippen molar-refractivity contribution < 1.29 is 0 Å². The van der Waals surface area contributed by atoms with Crippen LogP contribution in [0.1, 0.15) is 38.2 Å². The molecule has 2 bridgehead atoms. The van der Waals surface area contributed by atoms with Crippen LogP contribution in [0.2, 0.25) is 0 Å². The van der Waals surface area contributed by atoms with Crippen molar-refractivity contribution in [3.63, 3.8) is 0 Å². The molecule has 0 N–H and O–H groups in total. The summed E-state index contributed by atoms with van der Waals surface area (Å²) in [5.74, 6) is 0.681. The van der Waals surface area contributed by atoms with E-state index in [0.717, 1.165) is 6.42 Å². The molecule has 0 spiro atoms. The van der Waals surface area contributed by atoms with E-state index >= 15 is 0 Å². The summed E-state index contributed by atoms with van der Waals surface area (Å²) in [7, 11) is 2.20. The smallest absolute Gasteiger partial charge is 0.0673 e. The van der Waals surface area contributed by atoms with E-state index in [9.17, 15) is 5.26 Å². The fourth-order valence-corrected chi connectivity index (χ4v) is 4.16. The largest absolute Gasteiger partial charge is 0.295 e. The molecule has 1 aromatic rings. The van der Waals surface area contributed by atoms with Crippen LogP contribution in [0.25, 0.3) is 5.57 Å². The number of benzene rings is 1. The highest BCUT2D eigenvalue weighted by molar-refractivity contribution is 5.70. The Kier molecular flexibility index (Phi) is 4.12. The van der Waals surface area contributed by atoms with Gasteiger partial charge in [0.05, 0.1) is 12.0 Å². The van der Waals surface area contributed by atoms with Gasteiger partial charge in [0.25, 0.3) is 0 Å². The molecule has 3 rings (SSSR count). The quantitative estimate of drug-likeness (QED) is 0.830. The van der Waals surface area contributed by atoms with Gasteiger partial charge in [-0.25, -0.2) is 0 Å². The van der Waals surface area contributed by atoms with Gasteiger partial charge in [0.2, 0.25) is 0 Å². The van der Waals surface area contributed by atoms with Gasteiger partial charge < -0.3 is 0 Å². The third-order valence-corrected chi connectivity index (χ3v) is 5.23. The van der Waals surface area contributed by atoms with Crippen molar-refractivity contribution in [2.45, 2.75) is 44.7 Å². The summed E-state index contributed by atoms with van der Waals surface area (Å²) < 4.78 is 0. The van der Waals surface area contributed by atoms with Crippen LogP contribution in [-0.2, 0) is 0 Å². The molecule has 21 heavy (non-hydrogen) atoms. The van der Waals surface area contributed by atoms with Gasteiger partial charge in [-0.15, -0.1) is 0 Å². The molecule has 0 unspecified atom stereocenters. The van der Waals surface area contributed by atoms with Crippen molar-refractivity contribution in [3.8, 4) is 6.07 Å². The van der Waals surface area contributed by atoms with Crippen LogP contribution in [0, 0.1) is 23.2 Å². The zero-order valence-corrected chi connectivity index (χ0v) is 13.0. The Bertz CT molecular complexity index is 555. The summed E-state index contributed by atoms with van der Waals surface area (Å²) in [6.45, 7) is 2.25. The van der Waals surface area contributed by atoms with Crippen LogP contribution < -0.4 is 0 Å². The Balaban J connectivity index is 1.98. The third kappa shape index (κ3) is 2.51. The lowest BCUT2D eigenvalue weighted by molar-refractivity contribution is 0.197. The normalized spacial score (nSPS) is 31.8. The molecule has 2 aliphatic heterocycles. The van der Waals surface area contributed by atoms with Crippen LogP contribution in [0.3, 0.4) is 0 Å². The third-order valence-electron chi connectivity index (χ3n) is 5.23. The second kappa shape index (κ2) is 6.03. The number of hydrogen-bond acceptors (Lipinski definition) is 2. The average Bonchev–Trinajstić information content (AvgIpc) is 2.74. The number of likely N-dealkylation sites (N-methyl/N-ethyl adjacent to an activating group) is 1. The maximum Gasteiger partial charge on any atom is 0.0673 e. The van der Waals surface area contributed by atoms with E-state index in [4.69, 9.17) is 0 Å². The number of fused-ring (bicyclic) bond motifs is 2. The Morgan fingerprint density at radius 3 is 2.71 bits per heavy atom. The van der Waals surface area contributed by atoms with E-state index in [1.165, 1.54) is 30.4 Å². The minimum Gasteiger partial charge on any atom is -0.295 e. The molecule has 1 fully saturated rings. The van der Waals surface area contributed by atoms with Gasteiger partial charge in [-0.3, -0.25) is 4.90 Å². The number of nitrogens with zero attached hydrogens (tertiary/aromatic N) is 2. The number of rotatable bonds is 4. The van der Waals surface area contributed by atoms with Crippen molar-refractivity contribution in [2.24, 2.45) is 11.8 Å². The number of nitriles is 1. The monoisotopic (exact) mass is 280 g/mol. The molecule has 2 heteroatoms. The van der Waals surface area contributed by atoms with Crippen molar-refractivity contribution in [1.82, 2.24) is 4.90 Å². The zero-order valence-electron chi connectivity index (χ0n) is 13.0. The molecule has 0 radical (unpaired) electrons. The summed E-state index contributed by atoms with van der Waals surface area (Å²) in [6.07, 6.45) is 7.08. The second-order valence-electron chi connectivity index (χ2n) is 6.43. The first-order valence-electron chi connectivity index (χ1n) is 8.15. The lowest BCUT2D eigenvalue weighted by atomic mass is 9.78. The number of hydrogen-bond donors (Lipinski definition) is 0. The lowest BCUT2D eigenvalue weighted by Crippen LogP contribution is -2.42. The van der Waals surface area contributed by atoms with Gasteiger partial charge in [-0.2, -0.15) is 5.26 Å². The van der Waals surface area contributed by atoms with Gasteiger partial charge in [0, 0.05) is 18.0 Å². The van der Waals surface area contributed by atoms with Crippen molar-refractivity contribution in [1.29, 1.82) is 5.26 Å². The molecule has 2 aliphatic rings. The molecule has 0 aliphatic carbocycles.